The number of thiazole rings is 1. The third-order valence-electron chi connectivity index (χ3n) is 3.23. The lowest BCUT2D eigenvalue weighted by Gasteiger charge is -2.10. The first kappa shape index (κ1) is 16.6. The van der Waals surface area contributed by atoms with Gasteiger partial charge < -0.3 is 5.32 Å². The molecule has 1 amide bonds. The Bertz CT molecular complexity index is 835. The molecule has 0 radical (unpaired) electrons. The van der Waals surface area contributed by atoms with Gasteiger partial charge in [0.1, 0.15) is 11.4 Å². The maximum Gasteiger partial charge on any atom is 0.239 e. The summed E-state index contributed by atoms with van der Waals surface area (Å²) in [5, 5.41) is 5.84. The fourth-order valence-electron chi connectivity index (χ4n) is 2.02. The van der Waals surface area contributed by atoms with Gasteiger partial charge in [-0.1, -0.05) is 42.1 Å². The number of hydrogen-bond donors (Lipinski definition) is 1. The zero-order valence-electron chi connectivity index (χ0n) is 13.3. The van der Waals surface area contributed by atoms with Crippen molar-refractivity contribution >= 4 is 34.1 Å². The monoisotopic (exact) mass is 356 g/mol. The van der Waals surface area contributed by atoms with Crippen molar-refractivity contribution in [2.75, 3.05) is 5.32 Å². The highest BCUT2D eigenvalue weighted by Gasteiger charge is 2.17. The molecule has 0 aliphatic rings. The largest absolute Gasteiger partial charge is 0.301 e. The minimum Gasteiger partial charge on any atom is -0.301 e. The first-order chi connectivity index (χ1) is 11.6. The maximum atomic E-state index is 12.3. The summed E-state index contributed by atoms with van der Waals surface area (Å²) in [4.78, 5) is 25.1. The third-order valence-corrected chi connectivity index (χ3v) is 5.14. The van der Waals surface area contributed by atoms with Crippen LogP contribution in [0.3, 0.4) is 0 Å². The van der Waals surface area contributed by atoms with Gasteiger partial charge in [0.2, 0.25) is 5.91 Å². The van der Waals surface area contributed by atoms with Crippen LogP contribution in [0.15, 0.2) is 53.1 Å². The number of rotatable bonds is 5. The van der Waals surface area contributed by atoms with Gasteiger partial charge >= 0.3 is 0 Å². The standard InChI is InChI=1S/C17H16N4OS2/c1-11-9-23-17(20-11)21-16(22)12(2)24-15-8-14(18-10-19-15)13-6-4-3-5-7-13/h3-10,12H,1-2H3,(H,20,21,22)/t12-/m0/s1. The summed E-state index contributed by atoms with van der Waals surface area (Å²) in [5.74, 6) is -0.0887. The lowest BCUT2D eigenvalue weighted by molar-refractivity contribution is -0.115. The third kappa shape index (κ3) is 4.18. The van der Waals surface area contributed by atoms with Crippen LogP contribution in [0.4, 0.5) is 5.13 Å². The van der Waals surface area contributed by atoms with Crippen LogP contribution in [0.2, 0.25) is 0 Å². The van der Waals surface area contributed by atoms with E-state index in [9.17, 15) is 4.79 Å². The van der Waals surface area contributed by atoms with E-state index in [1.807, 2.05) is 55.6 Å². The number of amides is 1. The highest BCUT2D eigenvalue weighted by atomic mass is 32.2. The van der Waals surface area contributed by atoms with Crippen molar-refractivity contribution in [2.24, 2.45) is 0 Å². The molecule has 0 saturated heterocycles. The zero-order chi connectivity index (χ0) is 16.9. The molecule has 1 atom stereocenters. The molecule has 0 saturated carbocycles. The summed E-state index contributed by atoms with van der Waals surface area (Å²) in [6, 6.07) is 11.8. The Labute approximate surface area is 148 Å². The molecule has 2 heterocycles. The predicted molar refractivity (Wildman–Crippen MR) is 98.3 cm³/mol. The summed E-state index contributed by atoms with van der Waals surface area (Å²) in [6.45, 7) is 3.75. The van der Waals surface area contributed by atoms with Gasteiger partial charge in [0.15, 0.2) is 5.13 Å². The fourth-order valence-corrected chi connectivity index (χ4v) is 3.53. The van der Waals surface area contributed by atoms with Crippen molar-refractivity contribution in [2.45, 2.75) is 24.1 Å². The van der Waals surface area contributed by atoms with Crippen molar-refractivity contribution in [1.29, 1.82) is 0 Å². The molecule has 122 valence electrons. The molecule has 0 aliphatic heterocycles. The molecule has 24 heavy (non-hydrogen) atoms. The van der Waals surface area contributed by atoms with Gasteiger partial charge in [0.25, 0.3) is 0 Å². The summed E-state index contributed by atoms with van der Waals surface area (Å²) >= 11 is 2.82. The first-order valence-corrected chi connectivity index (χ1v) is 9.15. The number of nitrogens with zero attached hydrogens (tertiary/aromatic N) is 3. The van der Waals surface area contributed by atoms with Crippen molar-refractivity contribution < 1.29 is 4.79 Å². The van der Waals surface area contributed by atoms with Crippen LogP contribution in [0.5, 0.6) is 0 Å². The van der Waals surface area contributed by atoms with Crippen LogP contribution in [0.25, 0.3) is 11.3 Å². The van der Waals surface area contributed by atoms with Gasteiger partial charge in [-0.05, 0) is 19.9 Å². The van der Waals surface area contributed by atoms with E-state index >= 15 is 0 Å². The van der Waals surface area contributed by atoms with Crippen LogP contribution in [-0.2, 0) is 4.79 Å². The molecule has 3 rings (SSSR count). The average molecular weight is 356 g/mol. The molecule has 0 bridgehead atoms. The molecule has 0 unspecified atom stereocenters. The van der Waals surface area contributed by atoms with E-state index < -0.39 is 0 Å². The SMILES string of the molecule is Cc1csc(NC(=O)[C@H](C)Sc2cc(-c3ccccc3)ncn2)n1. The number of carbonyl (C=O) groups is 1. The molecular weight excluding hydrogens is 340 g/mol. The van der Waals surface area contributed by atoms with Gasteiger partial charge in [-0.3, -0.25) is 4.79 Å². The smallest absolute Gasteiger partial charge is 0.239 e. The lowest BCUT2D eigenvalue weighted by Crippen LogP contribution is -2.22. The van der Waals surface area contributed by atoms with E-state index in [1.165, 1.54) is 29.4 Å². The number of aryl methyl sites for hydroxylation is 1. The topological polar surface area (TPSA) is 67.8 Å². The minimum absolute atomic E-state index is 0.0887. The fraction of sp³-hybridized carbons (Fsp3) is 0.176. The van der Waals surface area contributed by atoms with Gasteiger partial charge in [-0.25, -0.2) is 15.0 Å². The molecule has 5 nitrogen and oxygen atoms in total. The minimum atomic E-state index is -0.285. The predicted octanol–water partition coefficient (Wildman–Crippen LogP) is 4.03. The number of nitrogens with one attached hydrogen (secondary N) is 1. The Balaban J connectivity index is 1.68. The van der Waals surface area contributed by atoms with Gasteiger partial charge in [-0.2, -0.15) is 0 Å². The molecule has 0 fully saturated rings. The molecule has 0 aliphatic carbocycles. The van der Waals surface area contributed by atoms with E-state index in [1.54, 1.807) is 0 Å². The Morgan fingerprint density at radius 3 is 2.75 bits per heavy atom. The second-order valence-electron chi connectivity index (χ2n) is 5.15. The van der Waals surface area contributed by atoms with Crippen LogP contribution >= 0.6 is 23.1 Å². The van der Waals surface area contributed by atoms with E-state index in [0.717, 1.165) is 22.0 Å². The second kappa shape index (κ2) is 7.55. The molecule has 7 heteroatoms. The molecule has 2 aromatic heterocycles. The highest BCUT2D eigenvalue weighted by Crippen LogP contribution is 2.26. The molecule has 1 aromatic carbocycles. The summed E-state index contributed by atoms with van der Waals surface area (Å²) in [7, 11) is 0. The van der Waals surface area contributed by atoms with Crippen molar-refractivity contribution in [1.82, 2.24) is 15.0 Å². The number of benzene rings is 1. The number of aromatic nitrogens is 3. The number of hydrogen-bond acceptors (Lipinski definition) is 6. The van der Waals surface area contributed by atoms with Crippen LogP contribution in [0, 0.1) is 6.92 Å². The van der Waals surface area contributed by atoms with E-state index in [4.69, 9.17) is 0 Å². The van der Waals surface area contributed by atoms with Crippen molar-refractivity contribution in [3.05, 3.63) is 53.8 Å². The molecule has 0 spiro atoms. The summed E-state index contributed by atoms with van der Waals surface area (Å²) in [5.41, 5.74) is 2.77. The Morgan fingerprint density at radius 1 is 1.25 bits per heavy atom. The zero-order valence-corrected chi connectivity index (χ0v) is 14.9. The molecule has 3 aromatic rings. The number of anilines is 1. The van der Waals surface area contributed by atoms with Crippen LogP contribution < -0.4 is 5.32 Å². The number of carbonyl (C=O) groups excluding carboxylic acids is 1. The quantitative estimate of drug-likeness (QED) is 0.552. The second-order valence-corrected chi connectivity index (χ2v) is 7.37. The Kier molecular flexibility index (Phi) is 5.22. The Hall–Kier alpha value is -2.25. The van der Waals surface area contributed by atoms with Gasteiger partial charge in [-0.15, -0.1) is 11.3 Å². The first-order valence-electron chi connectivity index (χ1n) is 7.39. The van der Waals surface area contributed by atoms with E-state index in [0.29, 0.717) is 5.13 Å². The van der Waals surface area contributed by atoms with Crippen molar-refractivity contribution in [3.8, 4) is 11.3 Å². The lowest BCUT2D eigenvalue weighted by atomic mass is 10.1. The average Bonchev–Trinajstić information content (AvgIpc) is 3.00. The van der Waals surface area contributed by atoms with E-state index in [-0.39, 0.29) is 11.2 Å². The summed E-state index contributed by atoms with van der Waals surface area (Å²) in [6.07, 6.45) is 1.53. The maximum absolute atomic E-state index is 12.3. The van der Waals surface area contributed by atoms with Crippen molar-refractivity contribution in [3.63, 3.8) is 0 Å². The Morgan fingerprint density at radius 2 is 2.04 bits per heavy atom. The van der Waals surface area contributed by atoms with Gasteiger partial charge in [0.05, 0.1) is 16.6 Å². The highest BCUT2D eigenvalue weighted by molar-refractivity contribution is 8.00. The van der Waals surface area contributed by atoms with E-state index in [2.05, 4.69) is 20.3 Å². The normalized spacial score (nSPS) is 11.9. The van der Waals surface area contributed by atoms with Gasteiger partial charge in [0, 0.05) is 10.9 Å². The molecule has 1 N–H and O–H groups in total. The van der Waals surface area contributed by atoms with Crippen LogP contribution in [-0.4, -0.2) is 26.1 Å². The van der Waals surface area contributed by atoms with Crippen LogP contribution in [0.1, 0.15) is 12.6 Å². The number of thioether (sulfide) groups is 1. The molecular formula is C17H16N4OS2. The summed E-state index contributed by atoms with van der Waals surface area (Å²) < 4.78 is 0.